The highest BCUT2D eigenvalue weighted by Crippen LogP contribution is 2.37. The first-order chi connectivity index (χ1) is 14.9. The van der Waals surface area contributed by atoms with Crippen LogP contribution in [-0.4, -0.2) is 35.4 Å². The van der Waals surface area contributed by atoms with Crippen molar-refractivity contribution in [1.29, 1.82) is 0 Å². The predicted octanol–water partition coefficient (Wildman–Crippen LogP) is 3.28. The summed E-state index contributed by atoms with van der Waals surface area (Å²) in [6.45, 7) is 2.03. The Morgan fingerprint density at radius 1 is 1.26 bits per heavy atom. The van der Waals surface area contributed by atoms with Crippen LogP contribution < -0.4 is 16.0 Å². The first-order valence-electron chi connectivity index (χ1n) is 10.5. The van der Waals surface area contributed by atoms with Crippen LogP contribution in [0.2, 0.25) is 5.02 Å². The minimum atomic E-state index is -0.378. The van der Waals surface area contributed by atoms with Gasteiger partial charge in [-0.2, -0.15) is 0 Å². The van der Waals surface area contributed by atoms with Gasteiger partial charge in [-0.15, -0.1) is 5.92 Å². The van der Waals surface area contributed by atoms with E-state index in [-0.39, 0.29) is 29.3 Å². The molecule has 1 heterocycles. The van der Waals surface area contributed by atoms with Gasteiger partial charge in [-0.3, -0.25) is 14.6 Å². The number of nitrogens with zero attached hydrogens (tertiary/aromatic N) is 1. The molecule has 2 aromatic rings. The third-order valence-electron chi connectivity index (χ3n) is 5.71. The minimum Gasteiger partial charge on any atom is -0.383 e. The summed E-state index contributed by atoms with van der Waals surface area (Å²) in [4.78, 5) is 28.4. The number of carbonyl (C=O) groups is 2. The molecule has 0 unspecified atom stereocenters. The maximum absolute atomic E-state index is 12.7. The van der Waals surface area contributed by atoms with Crippen molar-refractivity contribution in [3.8, 4) is 11.8 Å². The Bertz CT molecular complexity index is 1060. The normalized spacial score (nSPS) is 22.1. The maximum atomic E-state index is 12.7. The molecule has 2 aliphatic carbocycles. The van der Waals surface area contributed by atoms with Crippen molar-refractivity contribution < 1.29 is 9.59 Å². The Hall–Kier alpha value is -3.04. The summed E-state index contributed by atoms with van der Waals surface area (Å²) < 4.78 is 0. The highest BCUT2D eigenvalue weighted by molar-refractivity contribution is 6.30. The Morgan fingerprint density at radius 3 is 2.84 bits per heavy atom. The standard InChI is InChI=1S/C24H25ClN4O2/c1-16(30)28-20-6-3-10-24(13-20,17-4-2-5-18(25)12-17)15-27-22-9-11-26-14-21(22)23(31)29-19-7-8-19/h2,4-5,9,11-12,14,19-20H,7-8,10,13,15H2,1H3,(H,26,27)(H,28,30)(H,29,31)/t20-,24+/m1/s1. The molecule has 1 aromatic heterocycles. The Morgan fingerprint density at radius 2 is 2.10 bits per heavy atom. The number of benzene rings is 1. The number of pyridine rings is 1. The molecule has 31 heavy (non-hydrogen) atoms. The van der Waals surface area contributed by atoms with Gasteiger partial charge in [0, 0.05) is 48.8 Å². The van der Waals surface area contributed by atoms with Crippen LogP contribution in [0.3, 0.4) is 0 Å². The van der Waals surface area contributed by atoms with Crippen LogP contribution in [0.25, 0.3) is 0 Å². The van der Waals surface area contributed by atoms with E-state index in [0.29, 0.717) is 30.0 Å². The highest BCUT2D eigenvalue weighted by atomic mass is 35.5. The molecule has 4 rings (SSSR count). The van der Waals surface area contributed by atoms with E-state index >= 15 is 0 Å². The van der Waals surface area contributed by atoms with Crippen LogP contribution in [0.4, 0.5) is 5.69 Å². The molecule has 1 aromatic carbocycles. The van der Waals surface area contributed by atoms with Gasteiger partial charge in [0.1, 0.15) is 0 Å². The van der Waals surface area contributed by atoms with Crippen molar-refractivity contribution in [2.24, 2.45) is 0 Å². The number of rotatable bonds is 7. The number of hydrogen-bond donors (Lipinski definition) is 3. The summed E-state index contributed by atoms with van der Waals surface area (Å²) >= 11 is 6.30. The molecule has 160 valence electrons. The summed E-state index contributed by atoms with van der Waals surface area (Å²) in [7, 11) is 0. The van der Waals surface area contributed by atoms with Gasteiger partial charge in [-0.05, 0) is 43.0 Å². The van der Waals surface area contributed by atoms with E-state index in [1.807, 2.05) is 30.3 Å². The molecule has 0 saturated heterocycles. The predicted molar refractivity (Wildman–Crippen MR) is 121 cm³/mol. The number of amides is 2. The van der Waals surface area contributed by atoms with Gasteiger partial charge < -0.3 is 16.0 Å². The Labute approximate surface area is 187 Å². The lowest BCUT2D eigenvalue weighted by molar-refractivity contribution is -0.119. The second kappa shape index (κ2) is 8.99. The lowest BCUT2D eigenvalue weighted by Crippen LogP contribution is -2.45. The van der Waals surface area contributed by atoms with Gasteiger partial charge in [0.2, 0.25) is 5.91 Å². The number of hydrogen-bond acceptors (Lipinski definition) is 4. The van der Waals surface area contributed by atoms with E-state index in [1.165, 1.54) is 6.92 Å². The van der Waals surface area contributed by atoms with Gasteiger partial charge in [0.25, 0.3) is 5.91 Å². The summed E-state index contributed by atoms with van der Waals surface area (Å²) in [6.07, 6.45) is 6.56. The van der Waals surface area contributed by atoms with Gasteiger partial charge in [0.15, 0.2) is 0 Å². The molecular weight excluding hydrogens is 412 g/mol. The molecule has 0 bridgehead atoms. The fourth-order valence-corrected chi connectivity index (χ4v) is 4.14. The first-order valence-corrected chi connectivity index (χ1v) is 10.8. The zero-order valence-electron chi connectivity index (χ0n) is 17.4. The monoisotopic (exact) mass is 436 g/mol. The maximum Gasteiger partial charge on any atom is 0.255 e. The van der Waals surface area contributed by atoms with Crippen LogP contribution in [0.15, 0.2) is 42.7 Å². The van der Waals surface area contributed by atoms with Gasteiger partial charge in [-0.1, -0.05) is 29.7 Å². The van der Waals surface area contributed by atoms with E-state index in [1.54, 1.807) is 12.4 Å². The van der Waals surface area contributed by atoms with E-state index in [0.717, 1.165) is 24.1 Å². The van der Waals surface area contributed by atoms with Crippen LogP contribution >= 0.6 is 11.6 Å². The number of aromatic nitrogens is 1. The van der Waals surface area contributed by atoms with E-state index in [2.05, 4.69) is 32.8 Å². The molecule has 0 aliphatic heterocycles. The van der Waals surface area contributed by atoms with Crippen LogP contribution in [0.5, 0.6) is 0 Å². The smallest absolute Gasteiger partial charge is 0.255 e. The third-order valence-corrected chi connectivity index (χ3v) is 5.94. The van der Waals surface area contributed by atoms with E-state index < -0.39 is 0 Å². The summed E-state index contributed by atoms with van der Waals surface area (Å²) in [5.41, 5.74) is 1.92. The lowest BCUT2D eigenvalue weighted by Gasteiger charge is -2.37. The SMILES string of the molecule is CC(=O)N[C@@H]1C#CC[C@](CNc2ccncc2C(=O)NC2CC2)(c2cccc(Cl)c2)C1. The first kappa shape index (κ1) is 21.2. The second-order valence-corrected chi connectivity index (χ2v) is 8.70. The zero-order valence-corrected chi connectivity index (χ0v) is 18.1. The van der Waals surface area contributed by atoms with E-state index in [9.17, 15) is 9.59 Å². The van der Waals surface area contributed by atoms with Crippen molar-refractivity contribution in [3.63, 3.8) is 0 Å². The van der Waals surface area contributed by atoms with Crippen molar-refractivity contribution in [2.75, 3.05) is 11.9 Å². The molecule has 6 nitrogen and oxygen atoms in total. The van der Waals surface area contributed by atoms with Crippen molar-refractivity contribution in [1.82, 2.24) is 15.6 Å². The number of nitrogens with one attached hydrogen (secondary N) is 3. The molecule has 2 aliphatic rings. The average molecular weight is 437 g/mol. The molecule has 0 spiro atoms. The Balaban J connectivity index is 1.60. The molecule has 1 fully saturated rings. The van der Waals surface area contributed by atoms with Gasteiger partial charge in [-0.25, -0.2) is 0 Å². The summed E-state index contributed by atoms with van der Waals surface area (Å²) in [5.74, 6) is 6.12. The summed E-state index contributed by atoms with van der Waals surface area (Å²) in [6, 6.07) is 9.60. The van der Waals surface area contributed by atoms with Crippen LogP contribution in [0, 0.1) is 11.8 Å². The molecule has 3 N–H and O–H groups in total. The molecule has 1 saturated carbocycles. The quantitative estimate of drug-likeness (QED) is 0.582. The third kappa shape index (κ3) is 5.18. The molecule has 0 radical (unpaired) electrons. The molecule has 7 heteroatoms. The lowest BCUT2D eigenvalue weighted by atomic mass is 9.71. The zero-order chi connectivity index (χ0) is 21.8. The summed E-state index contributed by atoms with van der Waals surface area (Å²) in [5, 5.41) is 10.1. The Kier molecular flexibility index (Phi) is 6.15. The van der Waals surface area contributed by atoms with Crippen molar-refractivity contribution >= 4 is 29.1 Å². The fraction of sp³-hybridized carbons (Fsp3) is 0.375. The van der Waals surface area contributed by atoms with Gasteiger partial charge in [0.05, 0.1) is 17.3 Å². The van der Waals surface area contributed by atoms with Crippen LogP contribution in [0.1, 0.15) is 48.5 Å². The number of anilines is 1. The average Bonchev–Trinajstić information content (AvgIpc) is 3.56. The highest BCUT2D eigenvalue weighted by Gasteiger charge is 2.37. The number of halogens is 1. The molecular formula is C24H25ClN4O2. The van der Waals surface area contributed by atoms with Crippen molar-refractivity contribution in [3.05, 3.63) is 58.9 Å². The molecule has 2 amide bonds. The second-order valence-electron chi connectivity index (χ2n) is 8.27. The van der Waals surface area contributed by atoms with E-state index in [4.69, 9.17) is 11.6 Å². The van der Waals surface area contributed by atoms with Crippen molar-refractivity contribution in [2.45, 2.75) is 50.1 Å². The largest absolute Gasteiger partial charge is 0.383 e. The minimum absolute atomic E-state index is 0.109. The van der Waals surface area contributed by atoms with Crippen LogP contribution in [-0.2, 0) is 10.2 Å². The number of carbonyl (C=O) groups excluding carboxylic acids is 2. The van der Waals surface area contributed by atoms with Gasteiger partial charge >= 0.3 is 0 Å². The topological polar surface area (TPSA) is 83.1 Å². The molecule has 2 atom stereocenters. The fourth-order valence-electron chi connectivity index (χ4n) is 3.95.